The number of aromatic nitrogens is 3. The van der Waals surface area contributed by atoms with Crippen molar-refractivity contribution in [3.63, 3.8) is 0 Å². The van der Waals surface area contributed by atoms with Crippen molar-refractivity contribution in [2.45, 2.75) is 31.6 Å². The monoisotopic (exact) mass is 348 g/mol. The maximum Gasteiger partial charge on any atom is 0.222 e. The second-order valence-electron chi connectivity index (χ2n) is 7.04. The van der Waals surface area contributed by atoms with Gasteiger partial charge in [-0.05, 0) is 37.0 Å². The Balaban J connectivity index is 1.35. The topological polar surface area (TPSA) is 51.0 Å². The fraction of sp³-hybridized carbons (Fsp3) is 0.381. The van der Waals surface area contributed by atoms with Gasteiger partial charge in [-0.3, -0.25) is 4.79 Å². The second kappa shape index (κ2) is 7.28. The molecule has 0 spiro atoms. The number of hydrogen-bond donors (Lipinski definition) is 0. The molecule has 5 heteroatoms. The van der Waals surface area contributed by atoms with Crippen molar-refractivity contribution in [2.75, 3.05) is 13.1 Å². The Bertz CT molecular complexity index is 903. The van der Waals surface area contributed by atoms with Crippen LogP contribution in [0.25, 0.3) is 11.2 Å². The highest BCUT2D eigenvalue weighted by Gasteiger charge is 2.30. The van der Waals surface area contributed by atoms with E-state index in [0.29, 0.717) is 12.3 Å². The summed E-state index contributed by atoms with van der Waals surface area (Å²) in [6.07, 6.45) is 5.25. The lowest BCUT2D eigenvalue weighted by molar-refractivity contribution is -0.130. The number of hydrogen-bond acceptors (Lipinski definition) is 3. The number of rotatable bonds is 5. The van der Waals surface area contributed by atoms with Crippen LogP contribution in [0.2, 0.25) is 0 Å². The summed E-state index contributed by atoms with van der Waals surface area (Å²) in [4.78, 5) is 23.7. The summed E-state index contributed by atoms with van der Waals surface area (Å²) >= 11 is 0. The molecule has 3 heterocycles. The van der Waals surface area contributed by atoms with Crippen LogP contribution in [0.3, 0.4) is 0 Å². The van der Waals surface area contributed by atoms with E-state index in [1.165, 1.54) is 5.56 Å². The molecule has 1 unspecified atom stereocenters. The van der Waals surface area contributed by atoms with Gasteiger partial charge in [0, 0.05) is 38.7 Å². The number of fused-ring (bicyclic) bond motifs is 1. The van der Waals surface area contributed by atoms with Crippen molar-refractivity contribution in [3.05, 3.63) is 60.0 Å². The third-order valence-corrected chi connectivity index (χ3v) is 5.27. The number of nitrogens with zero attached hydrogens (tertiary/aromatic N) is 4. The van der Waals surface area contributed by atoms with E-state index in [4.69, 9.17) is 4.98 Å². The first-order chi connectivity index (χ1) is 12.7. The summed E-state index contributed by atoms with van der Waals surface area (Å²) in [6.45, 7) is 1.59. The Morgan fingerprint density at radius 1 is 1.19 bits per heavy atom. The molecular weight excluding hydrogens is 324 g/mol. The molecule has 0 aliphatic carbocycles. The molecule has 26 heavy (non-hydrogen) atoms. The normalized spacial score (nSPS) is 17.1. The van der Waals surface area contributed by atoms with Crippen LogP contribution in [-0.2, 0) is 18.3 Å². The first-order valence-corrected chi connectivity index (χ1v) is 9.31. The molecule has 4 rings (SSSR count). The minimum absolute atomic E-state index is 0.264. The Labute approximate surface area is 153 Å². The fourth-order valence-corrected chi connectivity index (χ4v) is 3.85. The summed E-state index contributed by atoms with van der Waals surface area (Å²) in [5, 5.41) is 0. The summed E-state index contributed by atoms with van der Waals surface area (Å²) in [7, 11) is 2.02. The zero-order valence-corrected chi connectivity index (χ0v) is 15.1. The number of carbonyl (C=O) groups is 1. The van der Waals surface area contributed by atoms with Gasteiger partial charge in [-0.25, -0.2) is 9.97 Å². The van der Waals surface area contributed by atoms with Crippen LogP contribution in [0.4, 0.5) is 0 Å². The molecule has 0 N–H and O–H groups in total. The van der Waals surface area contributed by atoms with Gasteiger partial charge in [0.05, 0.1) is 0 Å². The van der Waals surface area contributed by atoms with Gasteiger partial charge in [0.25, 0.3) is 0 Å². The van der Waals surface area contributed by atoms with E-state index in [-0.39, 0.29) is 5.91 Å². The lowest BCUT2D eigenvalue weighted by Gasteiger charge is -2.16. The molecule has 1 aromatic carbocycles. The van der Waals surface area contributed by atoms with E-state index in [1.807, 2.05) is 42.3 Å². The minimum atomic E-state index is 0.264. The molecule has 0 saturated carbocycles. The zero-order chi connectivity index (χ0) is 17.9. The Morgan fingerprint density at radius 3 is 2.85 bits per heavy atom. The third kappa shape index (κ3) is 3.34. The van der Waals surface area contributed by atoms with Gasteiger partial charge in [0.1, 0.15) is 11.3 Å². The van der Waals surface area contributed by atoms with Gasteiger partial charge >= 0.3 is 0 Å². The molecule has 1 aliphatic heterocycles. The predicted octanol–water partition coefficient (Wildman–Crippen LogP) is 3.31. The second-order valence-corrected chi connectivity index (χ2v) is 7.04. The molecule has 5 nitrogen and oxygen atoms in total. The predicted molar refractivity (Wildman–Crippen MR) is 102 cm³/mol. The Hall–Kier alpha value is -2.69. The highest BCUT2D eigenvalue weighted by molar-refractivity contribution is 5.76. The van der Waals surface area contributed by atoms with Crippen molar-refractivity contribution in [1.29, 1.82) is 0 Å². The number of carbonyl (C=O) groups excluding carboxylic acids is 1. The third-order valence-electron chi connectivity index (χ3n) is 5.27. The number of pyridine rings is 1. The maximum absolute atomic E-state index is 12.6. The quantitative estimate of drug-likeness (QED) is 0.711. The fourth-order valence-electron chi connectivity index (χ4n) is 3.85. The lowest BCUT2D eigenvalue weighted by Crippen LogP contribution is -2.28. The van der Waals surface area contributed by atoms with Gasteiger partial charge in [-0.1, -0.05) is 30.3 Å². The van der Waals surface area contributed by atoms with Gasteiger partial charge < -0.3 is 9.47 Å². The van der Waals surface area contributed by atoms with E-state index in [9.17, 15) is 4.79 Å². The summed E-state index contributed by atoms with van der Waals surface area (Å²) in [5.74, 6) is 1.60. The molecule has 1 saturated heterocycles. The van der Waals surface area contributed by atoms with Gasteiger partial charge in [0.2, 0.25) is 5.91 Å². The van der Waals surface area contributed by atoms with E-state index in [2.05, 4.69) is 21.7 Å². The average molecular weight is 348 g/mol. The van der Waals surface area contributed by atoms with Crippen molar-refractivity contribution >= 4 is 17.1 Å². The molecular formula is C21H24N4O. The first-order valence-electron chi connectivity index (χ1n) is 9.31. The van der Waals surface area contributed by atoms with Gasteiger partial charge in [0.15, 0.2) is 5.65 Å². The van der Waals surface area contributed by atoms with Gasteiger partial charge in [-0.15, -0.1) is 0 Å². The van der Waals surface area contributed by atoms with Crippen LogP contribution < -0.4 is 0 Å². The highest BCUT2D eigenvalue weighted by atomic mass is 16.2. The molecule has 0 bridgehead atoms. The molecule has 3 aromatic rings. The molecule has 1 atom stereocenters. The minimum Gasteiger partial charge on any atom is -0.342 e. The molecule has 1 amide bonds. The smallest absolute Gasteiger partial charge is 0.222 e. The van der Waals surface area contributed by atoms with E-state index in [0.717, 1.165) is 49.3 Å². The van der Waals surface area contributed by atoms with Crippen molar-refractivity contribution < 1.29 is 4.79 Å². The van der Waals surface area contributed by atoms with E-state index < -0.39 is 0 Å². The number of likely N-dealkylation sites (tertiary alicyclic amines) is 1. The standard InChI is InChI=1S/C21H24N4O/c1-24-20(23-18-10-6-13-22-21(18)24)17-12-14-25(15-17)19(26)11-5-9-16-7-3-2-4-8-16/h2-4,6-8,10,13,17H,5,9,11-12,14-15H2,1H3. The van der Waals surface area contributed by atoms with Crippen LogP contribution in [0.15, 0.2) is 48.7 Å². The molecule has 1 aliphatic rings. The number of imidazole rings is 1. The summed E-state index contributed by atoms with van der Waals surface area (Å²) in [5.41, 5.74) is 3.14. The molecule has 0 radical (unpaired) electrons. The van der Waals surface area contributed by atoms with Crippen LogP contribution in [0.1, 0.15) is 36.6 Å². The van der Waals surface area contributed by atoms with Crippen molar-refractivity contribution in [3.8, 4) is 0 Å². The molecule has 2 aromatic heterocycles. The zero-order valence-electron chi connectivity index (χ0n) is 15.1. The number of aryl methyl sites for hydroxylation is 2. The first kappa shape index (κ1) is 16.8. The van der Waals surface area contributed by atoms with Crippen LogP contribution in [0, 0.1) is 0 Å². The number of amides is 1. The largest absolute Gasteiger partial charge is 0.342 e. The van der Waals surface area contributed by atoms with Crippen LogP contribution >= 0.6 is 0 Å². The Morgan fingerprint density at radius 2 is 2.04 bits per heavy atom. The van der Waals surface area contributed by atoms with Gasteiger partial charge in [-0.2, -0.15) is 0 Å². The highest BCUT2D eigenvalue weighted by Crippen LogP contribution is 2.28. The van der Waals surface area contributed by atoms with Crippen LogP contribution in [0.5, 0.6) is 0 Å². The molecule has 1 fully saturated rings. The maximum atomic E-state index is 12.6. The van der Waals surface area contributed by atoms with Crippen molar-refractivity contribution in [1.82, 2.24) is 19.4 Å². The summed E-state index contributed by atoms with van der Waals surface area (Å²) < 4.78 is 2.07. The van der Waals surface area contributed by atoms with E-state index >= 15 is 0 Å². The average Bonchev–Trinajstić information content (AvgIpc) is 3.28. The summed E-state index contributed by atoms with van der Waals surface area (Å²) in [6, 6.07) is 14.3. The Kier molecular flexibility index (Phi) is 4.69. The van der Waals surface area contributed by atoms with Crippen molar-refractivity contribution in [2.24, 2.45) is 7.05 Å². The van der Waals surface area contributed by atoms with Crippen LogP contribution in [-0.4, -0.2) is 38.4 Å². The lowest BCUT2D eigenvalue weighted by atomic mass is 10.1. The number of benzene rings is 1. The SMILES string of the molecule is Cn1c(C2CCN(C(=O)CCCc3ccccc3)C2)nc2cccnc21. The molecule has 134 valence electrons. The van der Waals surface area contributed by atoms with E-state index in [1.54, 1.807) is 6.20 Å².